The molecule has 0 saturated carbocycles. The molecule has 72 valence electrons. The highest BCUT2D eigenvalue weighted by Crippen LogP contribution is 2.27. The molecule has 13 heavy (non-hydrogen) atoms. The molecule has 2 unspecified atom stereocenters. The molecule has 2 heterocycles. The van der Waals surface area contributed by atoms with Gasteiger partial charge in [0.05, 0.1) is 0 Å². The summed E-state index contributed by atoms with van der Waals surface area (Å²) in [6, 6.07) is -0.379. The van der Waals surface area contributed by atoms with Crippen molar-refractivity contribution in [3.05, 3.63) is 0 Å². The van der Waals surface area contributed by atoms with Gasteiger partial charge in [0.1, 0.15) is 6.04 Å². The van der Waals surface area contributed by atoms with E-state index in [4.69, 9.17) is 0 Å². The van der Waals surface area contributed by atoms with Crippen LogP contribution in [0.2, 0.25) is 0 Å². The van der Waals surface area contributed by atoms with Crippen molar-refractivity contribution in [3.8, 4) is 0 Å². The van der Waals surface area contributed by atoms with Crippen molar-refractivity contribution in [1.29, 1.82) is 0 Å². The highest BCUT2D eigenvalue weighted by molar-refractivity contribution is 6.04. The maximum Gasteiger partial charge on any atom is 0.324 e. The number of carbonyl (C=O) groups is 2. The highest BCUT2D eigenvalue weighted by Gasteiger charge is 2.41. The Labute approximate surface area is 77.3 Å². The molecular formula is C9H14N2O2. The normalized spacial score (nSPS) is 33.2. The van der Waals surface area contributed by atoms with Gasteiger partial charge in [-0.2, -0.15) is 0 Å². The SMILES string of the molecule is CCC1CCN2C(=O)NC(=O)C2C1. The molecule has 2 aliphatic rings. The molecule has 0 spiro atoms. The fraction of sp³-hybridized carbons (Fsp3) is 0.778. The van der Waals surface area contributed by atoms with E-state index in [1.54, 1.807) is 4.90 Å². The molecule has 2 saturated heterocycles. The van der Waals surface area contributed by atoms with Crippen LogP contribution in [0.4, 0.5) is 4.79 Å². The topological polar surface area (TPSA) is 49.4 Å². The molecule has 0 aromatic rings. The molecule has 0 aromatic carbocycles. The molecule has 0 bridgehead atoms. The van der Waals surface area contributed by atoms with Crippen molar-refractivity contribution in [2.75, 3.05) is 6.54 Å². The average Bonchev–Trinajstić information content (AvgIpc) is 2.42. The third kappa shape index (κ3) is 1.30. The van der Waals surface area contributed by atoms with Crippen LogP contribution in [0, 0.1) is 5.92 Å². The molecule has 2 atom stereocenters. The van der Waals surface area contributed by atoms with Crippen molar-refractivity contribution in [1.82, 2.24) is 10.2 Å². The molecule has 0 aromatic heterocycles. The Bertz CT molecular complexity index is 252. The Kier molecular flexibility index (Phi) is 1.98. The van der Waals surface area contributed by atoms with Crippen LogP contribution in [0.1, 0.15) is 26.2 Å². The minimum atomic E-state index is -0.204. The Balaban J connectivity index is 2.10. The molecule has 4 nitrogen and oxygen atoms in total. The fourth-order valence-electron chi connectivity index (χ4n) is 2.16. The van der Waals surface area contributed by atoms with E-state index in [2.05, 4.69) is 12.2 Å². The molecule has 2 aliphatic heterocycles. The number of hydrogen-bond acceptors (Lipinski definition) is 2. The third-order valence-corrected chi connectivity index (χ3v) is 3.08. The van der Waals surface area contributed by atoms with Crippen LogP contribution >= 0.6 is 0 Å². The van der Waals surface area contributed by atoms with E-state index < -0.39 is 0 Å². The smallest absolute Gasteiger partial charge is 0.312 e. The summed E-state index contributed by atoms with van der Waals surface area (Å²) in [7, 11) is 0. The maximum absolute atomic E-state index is 11.3. The molecule has 2 fully saturated rings. The average molecular weight is 182 g/mol. The van der Waals surface area contributed by atoms with Crippen LogP contribution < -0.4 is 5.32 Å². The number of piperidine rings is 1. The van der Waals surface area contributed by atoms with Crippen LogP contribution in [0.15, 0.2) is 0 Å². The lowest BCUT2D eigenvalue weighted by atomic mass is 9.89. The number of imide groups is 1. The summed E-state index contributed by atoms with van der Waals surface area (Å²) in [5.41, 5.74) is 0. The first-order valence-electron chi connectivity index (χ1n) is 4.84. The van der Waals surface area contributed by atoms with Crippen LogP contribution in [0.3, 0.4) is 0 Å². The number of hydrogen-bond donors (Lipinski definition) is 1. The second-order valence-electron chi connectivity index (χ2n) is 3.80. The first-order chi connectivity index (χ1) is 6.22. The molecule has 1 N–H and O–H groups in total. The second kappa shape index (κ2) is 3.01. The zero-order valence-electron chi connectivity index (χ0n) is 7.75. The zero-order chi connectivity index (χ0) is 9.42. The van der Waals surface area contributed by atoms with E-state index >= 15 is 0 Å². The largest absolute Gasteiger partial charge is 0.324 e. The van der Waals surface area contributed by atoms with Gasteiger partial charge in [0.25, 0.3) is 5.91 Å². The number of amides is 3. The van der Waals surface area contributed by atoms with Crippen molar-refractivity contribution in [3.63, 3.8) is 0 Å². The monoisotopic (exact) mass is 182 g/mol. The lowest BCUT2D eigenvalue weighted by Crippen LogP contribution is -2.42. The summed E-state index contributed by atoms with van der Waals surface area (Å²) in [5, 5.41) is 2.35. The van der Waals surface area contributed by atoms with Gasteiger partial charge in [0, 0.05) is 6.54 Å². The lowest BCUT2D eigenvalue weighted by Gasteiger charge is -2.31. The minimum absolute atomic E-state index is 0.108. The molecule has 0 aliphatic carbocycles. The summed E-state index contributed by atoms with van der Waals surface area (Å²) in [5.74, 6) is 0.501. The van der Waals surface area contributed by atoms with E-state index in [0.29, 0.717) is 5.92 Å². The van der Waals surface area contributed by atoms with Crippen LogP contribution in [0.5, 0.6) is 0 Å². The Morgan fingerprint density at radius 3 is 3.00 bits per heavy atom. The highest BCUT2D eigenvalue weighted by atomic mass is 16.2. The maximum atomic E-state index is 11.3. The molecule has 2 rings (SSSR count). The Morgan fingerprint density at radius 1 is 1.54 bits per heavy atom. The van der Waals surface area contributed by atoms with Gasteiger partial charge in [0.15, 0.2) is 0 Å². The number of rotatable bonds is 1. The van der Waals surface area contributed by atoms with Gasteiger partial charge in [-0.1, -0.05) is 13.3 Å². The Hall–Kier alpha value is -1.06. The summed E-state index contributed by atoms with van der Waals surface area (Å²) < 4.78 is 0. The van der Waals surface area contributed by atoms with Crippen molar-refractivity contribution in [2.45, 2.75) is 32.2 Å². The molecule has 0 radical (unpaired) electrons. The first-order valence-corrected chi connectivity index (χ1v) is 4.84. The van der Waals surface area contributed by atoms with Gasteiger partial charge in [-0.3, -0.25) is 10.1 Å². The van der Waals surface area contributed by atoms with Gasteiger partial charge >= 0.3 is 6.03 Å². The van der Waals surface area contributed by atoms with Crippen molar-refractivity contribution < 1.29 is 9.59 Å². The fourth-order valence-corrected chi connectivity index (χ4v) is 2.16. The summed E-state index contributed by atoms with van der Waals surface area (Å²) >= 11 is 0. The number of carbonyl (C=O) groups excluding carboxylic acids is 2. The van der Waals surface area contributed by atoms with E-state index in [1.165, 1.54) is 0 Å². The number of nitrogens with zero attached hydrogens (tertiary/aromatic N) is 1. The standard InChI is InChI=1S/C9H14N2O2/c1-2-6-3-4-11-7(5-6)8(12)10-9(11)13/h6-7H,2-5H2,1H3,(H,10,12,13). The quantitative estimate of drug-likeness (QED) is 0.608. The van der Waals surface area contributed by atoms with Crippen LogP contribution in [-0.4, -0.2) is 29.4 Å². The summed E-state index contributed by atoms with van der Waals surface area (Å²) in [6.45, 7) is 2.87. The van der Waals surface area contributed by atoms with E-state index in [9.17, 15) is 9.59 Å². The van der Waals surface area contributed by atoms with E-state index in [1.807, 2.05) is 0 Å². The number of urea groups is 1. The summed E-state index contributed by atoms with van der Waals surface area (Å²) in [4.78, 5) is 24.2. The minimum Gasteiger partial charge on any atom is -0.312 e. The van der Waals surface area contributed by atoms with Crippen molar-refractivity contribution >= 4 is 11.9 Å². The number of fused-ring (bicyclic) bond motifs is 1. The van der Waals surface area contributed by atoms with Gasteiger partial charge in [-0.15, -0.1) is 0 Å². The van der Waals surface area contributed by atoms with E-state index in [0.717, 1.165) is 25.8 Å². The molecule has 3 amide bonds. The van der Waals surface area contributed by atoms with Gasteiger partial charge in [-0.05, 0) is 18.8 Å². The number of nitrogens with one attached hydrogen (secondary N) is 1. The zero-order valence-corrected chi connectivity index (χ0v) is 7.75. The van der Waals surface area contributed by atoms with Gasteiger partial charge in [-0.25, -0.2) is 4.79 Å². The predicted octanol–water partition coefficient (Wildman–Crippen LogP) is 0.727. The van der Waals surface area contributed by atoms with Crippen LogP contribution in [0.25, 0.3) is 0 Å². The van der Waals surface area contributed by atoms with Crippen molar-refractivity contribution in [2.24, 2.45) is 5.92 Å². The van der Waals surface area contributed by atoms with E-state index in [-0.39, 0.29) is 18.0 Å². The molecule has 4 heteroatoms. The van der Waals surface area contributed by atoms with Crippen LogP contribution in [-0.2, 0) is 4.79 Å². The predicted molar refractivity (Wildman–Crippen MR) is 47.0 cm³/mol. The Morgan fingerprint density at radius 2 is 2.31 bits per heavy atom. The van der Waals surface area contributed by atoms with Gasteiger partial charge < -0.3 is 4.90 Å². The lowest BCUT2D eigenvalue weighted by molar-refractivity contribution is -0.122. The first kappa shape index (κ1) is 8.53. The second-order valence-corrected chi connectivity index (χ2v) is 3.80. The molecular weight excluding hydrogens is 168 g/mol. The summed E-state index contributed by atoms with van der Waals surface area (Å²) in [6.07, 6.45) is 2.98. The van der Waals surface area contributed by atoms with Gasteiger partial charge in [0.2, 0.25) is 0 Å². The third-order valence-electron chi connectivity index (χ3n) is 3.08.